The van der Waals surface area contributed by atoms with Crippen molar-refractivity contribution in [2.24, 2.45) is 0 Å². The molecule has 0 aromatic heterocycles. The highest BCUT2D eigenvalue weighted by Gasteiger charge is 2.42. The molecule has 5 rings (SSSR count). The van der Waals surface area contributed by atoms with E-state index in [4.69, 9.17) is 0 Å². The fraction of sp³-hybridized carbons (Fsp3) is 0.212. The molecule has 1 saturated heterocycles. The second kappa shape index (κ2) is 10.6. The summed E-state index contributed by atoms with van der Waals surface area (Å²) in [5.74, 6) is -0.807. The zero-order valence-electron chi connectivity index (χ0n) is 21.0. The minimum Gasteiger partial charge on any atom is -0.343 e. The van der Waals surface area contributed by atoms with Gasteiger partial charge in [-0.05, 0) is 59.4 Å². The molecule has 4 aromatic carbocycles. The lowest BCUT2D eigenvalue weighted by molar-refractivity contribution is -0.133. The van der Waals surface area contributed by atoms with E-state index >= 15 is 0 Å². The molecule has 0 bridgehead atoms. The zero-order valence-corrected chi connectivity index (χ0v) is 21.0. The number of carbonyl (C=O) groups excluding carboxylic acids is 1. The van der Waals surface area contributed by atoms with Crippen LogP contribution in [0.25, 0.3) is 0 Å². The van der Waals surface area contributed by atoms with Gasteiger partial charge in [0.15, 0.2) is 0 Å². The standard InChI is InChI=1S/C33H28F2N2O/c34-29-15-11-27(12-16-29)33(26-9-5-2-6-10-26,28-13-17-30(35)18-14-28)23-31(38)37-21-19-32(24-36,20-22-37)25-7-3-1-4-8-25/h1-18H,19-23H2. The molecule has 0 aliphatic carbocycles. The van der Waals surface area contributed by atoms with E-state index in [1.165, 1.54) is 24.3 Å². The molecule has 3 nitrogen and oxygen atoms in total. The zero-order chi connectivity index (χ0) is 26.6. The SMILES string of the molecule is N#CC1(c2ccccc2)CCN(C(=O)CC(c2ccccc2)(c2ccc(F)cc2)c2ccc(F)cc2)CC1. The fourth-order valence-electron chi connectivity index (χ4n) is 5.70. The Hall–Kier alpha value is -4.30. The number of nitrogens with zero attached hydrogens (tertiary/aromatic N) is 2. The highest BCUT2D eigenvalue weighted by atomic mass is 19.1. The van der Waals surface area contributed by atoms with E-state index in [-0.39, 0.29) is 24.0 Å². The van der Waals surface area contributed by atoms with Gasteiger partial charge in [0.2, 0.25) is 5.91 Å². The van der Waals surface area contributed by atoms with Gasteiger partial charge in [0.25, 0.3) is 0 Å². The van der Waals surface area contributed by atoms with E-state index in [0.717, 1.165) is 22.3 Å². The third-order valence-corrected chi connectivity index (χ3v) is 7.87. The van der Waals surface area contributed by atoms with Gasteiger partial charge in [-0.2, -0.15) is 5.26 Å². The number of rotatable bonds is 6. The van der Waals surface area contributed by atoms with Crippen molar-refractivity contribution in [1.29, 1.82) is 5.26 Å². The molecule has 0 spiro atoms. The Morgan fingerprint density at radius 3 is 1.66 bits per heavy atom. The van der Waals surface area contributed by atoms with Crippen molar-refractivity contribution < 1.29 is 13.6 Å². The number of nitriles is 1. The predicted octanol–water partition coefficient (Wildman–Crippen LogP) is 6.77. The Kier molecular flexibility index (Phi) is 7.07. The lowest BCUT2D eigenvalue weighted by Gasteiger charge is -2.41. The first-order valence-corrected chi connectivity index (χ1v) is 12.8. The van der Waals surface area contributed by atoms with Crippen molar-refractivity contribution in [3.63, 3.8) is 0 Å². The minimum absolute atomic E-state index is 0.0675. The van der Waals surface area contributed by atoms with Crippen molar-refractivity contribution in [3.05, 3.63) is 143 Å². The number of likely N-dealkylation sites (tertiary alicyclic amines) is 1. The van der Waals surface area contributed by atoms with Gasteiger partial charge in [-0.15, -0.1) is 0 Å². The Balaban J connectivity index is 1.52. The summed E-state index contributed by atoms with van der Waals surface area (Å²) < 4.78 is 28.0. The van der Waals surface area contributed by atoms with Crippen LogP contribution < -0.4 is 0 Å². The van der Waals surface area contributed by atoms with Crippen LogP contribution in [0.1, 0.15) is 41.5 Å². The molecule has 0 saturated carbocycles. The van der Waals surface area contributed by atoms with Crippen LogP contribution in [0.3, 0.4) is 0 Å². The minimum atomic E-state index is -0.955. The maximum Gasteiger partial charge on any atom is 0.224 e. The van der Waals surface area contributed by atoms with Crippen LogP contribution in [0.4, 0.5) is 8.78 Å². The number of piperidine rings is 1. The number of hydrogen-bond acceptors (Lipinski definition) is 2. The lowest BCUT2D eigenvalue weighted by Crippen LogP contribution is -2.47. The molecule has 0 unspecified atom stereocenters. The van der Waals surface area contributed by atoms with Gasteiger partial charge < -0.3 is 4.90 Å². The number of hydrogen-bond donors (Lipinski definition) is 0. The lowest BCUT2D eigenvalue weighted by atomic mass is 9.67. The van der Waals surface area contributed by atoms with Crippen LogP contribution in [0.15, 0.2) is 109 Å². The second-order valence-corrected chi connectivity index (χ2v) is 9.90. The molecule has 1 fully saturated rings. The molecule has 0 radical (unpaired) electrons. The van der Waals surface area contributed by atoms with Gasteiger partial charge in [0.1, 0.15) is 11.6 Å². The molecular formula is C33H28F2N2O. The van der Waals surface area contributed by atoms with Gasteiger partial charge in [-0.1, -0.05) is 84.9 Å². The van der Waals surface area contributed by atoms with Gasteiger partial charge in [0, 0.05) is 19.5 Å². The Labute approximate surface area is 222 Å². The molecule has 0 atom stereocenters. The monoisotopic (exact) mass is 506 g/mol. The summed E-state index contributed by atoms with van der Waals surface area (Å²) in [4.78, 5) is 15.8. The molecule has 190 valence electrons. The second-order valence-electron chi connectivity index (χ2n) is 9.90. The summed E-state index contributed by atoms with van der Waals surface area (Å²) in [5.41, 5.74) is 1.76. The molecule has 1 aliphatic heterocycles. The quantitative estimate of drug-likeness (QED) is 0.271. The van der Waals surface area contributed by atoms with Gasteiger partial charge in [-0.3, -0.25) is 4.79 Å². The largest absolute Gasteiger partial charge is 0.343 e. The molecule has 1 amide bonds. The molecule has 5 heteroatoms. The molecular weight excluding hydrogens is 478 g/mol. The first-order valence-electron chi connectivity index (χ1n) is 12.8. The molecule has 38 heavy (non-hydrogen) atoms. The third kappa shape index (κ3) is 4.70. The van der Waals surface area contributed by atoms with Gasteiger partial charge in [0.05, 0.1) is 16.9 Å². The van der Waals surface area contributed by atoms with Crippen LogP contribution >= 0.6 is 0 Å². The van der Waals surface area contributed by atoms with Crippen LogP contribution in [0, 0.1) is 23.0 Å². The van der Waals surface area contributed by atoms with Crippen molar-refractivity contribution >= 4 is 5.91 Å². The van der Waals surface area contributed by atoms with Crippen molar-refractivity contribution in [2.45, 2.75) is 30.1 Å². The summed E-state index contributed by atoms with van der Waals surface area (Å²) in [6, 6.07) is 34.3. The fourth-order valence-corrected chi connectivity index (χ4v) is 5.70. The van der Waals surface area contributed by atoms with Gasteiger partial charge >= 0.3 is 0 Å². The highest BCUT2D eigenvalue weighted by molar-refractivity contribution is 5.80. The molecule has 0 N–H and O–H groups in total. The maximum absolute atomic E-state index is 14.0. The van der Waals surface area contributed by atoms with Crippen LogP contribution in [-0.4, -0.2) is 23.9 Å². The van der Waals surface area contributed by atoms with Gasteiger partial charge in [-0.25, -0.2) is 8.78 Å². The number of carbonyl (C=O) groups is 1. The summed E-state index contributed by atoms with van der Waals surface area (Å²) in [6.07, 6.45) is 1.18. The number of halogens is 2. The van der Waals surface area contributed by atoms with Crippen LogP contribution in [0.2, 0.25) is 0 Å². The van der Waals surface area contributed by atoms with E-state index in [0.29, 0.717) is 25.9 Å². The molecule has 4 aromatic rings. The van der Waals surface area contributed by atoms with Crippen molar-refractivity contribution in [3.8, 4) is 6.07 Å². The molecule has 1 aliphatic rings. The summed E-state index contributed by atoms with van der Waals surface area (Å²) in [7, 11) is 0. The number of amides is 1. The predicted molar refractivity (Wildman–Crippen MR) is 143 cm³/mol. The third-order valence-electron chi connectivity index (χ3n) is 7.87. The smallest absolute Gasteiger partial charge is 0.224 e. The first-order chi connectivity index (χ1) is 18.5. The summed E-state index contributed by atoms with van der Waals surface area (Å²) in [6.45, 7) is 0.915. The van der Waals surface area contributed by atoms with Crippen molar-refractivity contribution in [2.75, 3.05) is 13.1 Å². The summed E-state index contributed by atoms with van der Waals surface area (Å²) >= 11 is 0. The van der Waals surface area contributed by atoms with Crippen molar-refractivity contribution in [1.82, 2.24) is 4.90 Å². The Morgan fingerprint density at radius 1 is 0.737 bits per heavy atom. The maximum atomic E-state index is 14.0. The highest BCUT2D eigenvalue weighted by Crippen LogP contribution is 2.43. The van der Waals surface area contributed by atoms with Crippen LogP contribution in [-0.2, 0) is 15.6 Å². The first kappa shape index (κ1) is 25.4. The van der Waals surface area contributed by atoms with E-state index in [1.54, 1.807) is 24.3 Å². The van der Waals surface area contributed by atoms with E-state index < -0.39 is 10.8 Å². The van der Waals surface area contributed by atoms with E-state index in [9.17, 15) is 18.8 Å². The van der Waals surface area contributed by atoms with E-state index in [2.05, 4.69) is 6.07 Å². The Bertz CT molecular complexity index is 1380. The normalized spacial score (nSPS) is 15.0. The average Bonchev–Trinajstić information content (AvgIpc) is 2.98. The van der Waals surface area contributed by atoms with Crippen LogP contribution in [0.5, 0.6) is 0 Å². The summed E-state index contributed by atoms with van der Waals surface area (Å²) in [5, 5.41) is 10.1. The number of benzene rings is 4. The van der Waals surface area contributed by atoms with E-state index in [1.807, 2.05) is 65.6 Å². The Morgan fingerprint density at radius 2 is 1.18 bits per heavy atom. The average molecular weight is 507 g/mol. The topological polar surface area (TPSA) is 44.1 Å². The molecule has 1 heterocycles.